The van der Waals surface area contributed by atoms with Gasteiger partial charge < -0.3 is 14.3 Å². The van der Waals surface area contributed by atoms with Gasteiger partial charge in [0.05, 0.1) is 22.2 Å². The van der Waals surface area contributed by atoms with E-state index in [0.29, 0.717) is 5.56 Å². The highest BCUT2D eigenvalue weighted by molar-refractivity contribution is 9.09. The molecule has 2 aromatic rings. The maximum absolute atomic E-state index is 14.6. The number of ether oxygens (including phenoxy) is 2. The molecule has 0 radical (unpaired) electrons. The van der Waals surface area contributed by atoms with Crippen LogP contribution in [0.4, 0.5) is 4.39 Å². The maximum atomic E-state index is 14.6. The smallest absolute Gasteiger partial charge is 0.338 e. The van der Waals surface area contributed by atoms with Crippen molar-refractivity contribution in [3.63, 3.8) is 0 Å². The van der Waals surface area contributed by atoms with Crippen LogP contribution in [0.25, 0.3) is 0 Å². The lowest BCUT2D eigenvalue weighted by Gasteiger charge is -2.24. The van der Waals surface area contributed by atoms with Gasteiger partial charge in [0.1, 0.15) is 13.7 Å². The van der Waals surface area contributed by atoms with Gasteiger partial charge in [0.25, 0.3) is 0 Å². The largest absolute Gasteiger partial charge is 0.461 e. The molecule has 6 nitrogen and oxygen atoms in total. The molecule has 28 heavy (non-hydrogen) atoms. The third kappa shape index (κ3) is 6.45. The van der Waals surface area contributed by atoms with Crippen LogP contribution in [0.5, 0.6) is 0 Å². The molecule has 0 fully saturated rings. The van der Waals surface area contributed by atoms with Crippen molar-refractivity contribution >= 4 is 34.1 Å². The lowest BCUT2D eigenvalue weighted by Crippen LogP contribution is -2.39. The van der Waals surface area contributed by atoms with Crippen LogP contribution in [-0.4, -0.2) is 49.0 Å². The summed E-state index contributed by atoms with van der Waals surface area (Å²) in [4.78, 5) is 28.0. The molecule has 0 heterocycles. The number of nitrogens with zero attached hydrogens (tertiary/aromatic N) is 1. The van der Waals surface area contributed by atoms with E-state index in [-0.39, 0.29) is 12.2 Å². The number of oxime groups is 1. The standard InChI is InChI=1S/C20H19BrFNO5/c1-26-23-12-17(22)18(28-20(25)15-10-6-3-7-11-15)16(21)13-27-19(24)14-8-4-2-5-9-14/h2-12,16-18H,13H2,1H3. The van der Waals surface area contributed by atoms with Crippen LogP contribution < -0.4 is 0 Å². The van der Waals surface area contributed by atoms with Gasteiger partial charge in [0.2, 0.25) is 0 Å². The van der Waals surface area contributed by atoms with Crippen LogP contribution in [0.15, 0.2) is 65.8 Å². The van der Waals surface area contributed by atoms with Gasteiger partial charge in [-0.1, -0.05) is 57.5 Å². The Morgan fingerprint density at radius 1 is 1.04 bits per heavy atom. The van der Waals surface area contributed by atoms with Crippen molar-refractivity contribution in [2.45, 2.75) is 17.1 Å². The zero-order valence-corrected chi connectivity index (χ0v) is 16.6. The van der Waals surface area contributed by atoms with Crippen molar-refractivity contribution in [3.05, 3.63) is 71.8 Å². The summed E-state index contributed by atoms with van der Waals surface area (Å²) in [5.41, 5.74) is 0.627. The molecule has 0 saturated heterocycles. The number of hydrogen-bond acceptors (Lipinski definition) is 6. The number of benzene rings is 2. The number of carbonyl (C=O) groups is 2. The molecule has 148 valence electrons. The summed E-state index contributed by atoms with van der Waals surface area (Å²) in [5.74, 6) is -1.28. The van der Waals surface area contributed by atoms with Crippen LogP contribution >= 0.6 is 15.9 Å². The Morgan fingerprint density at radius 2 is 1.57 bits per heavy atom. The van der Waals surface area contributed by atoms with Crippen LogP contribution in [0.3, 0.4) is 0 Å². The monoisotopic (exact) mass is 451 g/mol. The Kier molecular flexibility index (Phi) is 8.61. The number of alkyl halides is 2. The topological polar surface area (TPSA) is 74.2 Å². The fraction of sp³-hybridized carbons (Fsp3) is 0.250. The molecule has 0 bridgehead atoms. The molecular weight excluding hydrogens is 433 g/mol. The Hall–Kier alpha value is -2.74. The third-order valence-electron chi connectivity index (χ3n) is 3.61. The fourth-order valence-corrected chi connectivity index (χ4v) is 2.75. The Morgan fingerprint density at radius 3 is 2.11 bits per heavy atom. The molecule has 0 aromatic heterocycles. The minimum atomic E-state index is -1.78. The molecule has 8 heteroatoms. The summed E-state index contributed by atoms with van der Waals surface area (Å²) in [6.07, 6.45) is -2.21. The van der Waals surface area contributed by atoms with Gasteiger partial charge in [-0.15, -0.1) is 0 Å². The molecule has 0 aliphatic carbocycles. The van der Waals surface area contributed by atoms with Gasteiger partial charge in [0.15, 0.2) is 12.3 Å². The molecule has 0 aliphatic heterocycles. The highest BCUT2D eigenvalue weighted by atomic mass is 79.9. The molecule has 0 saturated carbocycles. The average Bonchev–Trinajstić information content (AvgIpc) is 2.74. The average molecular weight is 452 g/mol. The fourth-order valence-electron chi connectivity index (χ4n) is 2.22. The lowest BCUT2D eigenvalue weighted by atomic mass is 10.1. The quantitative estimate of drug-likeness (QED) is 0.251. The molecule has 2 rings (SSSR count). The minimum Gasteiger partial charge on any atom is -0.461 e. The van der Waals surface area contributed by atoms with Gasteiger partial charge in [-0.2, -0.15) is 0 Å². The first-order chi connectivity index (χ1) is 13.5. The van der Waals surface area contributed by atoms with Crippen molar-refractivity contribution in [2.75, 3.05) is 13.7 Å². The van der Waals surface area contributed by atoms with Crippen LogP contribution in [-0.2, 0) is 14.3 Å². The number of esters is 2. The molecule has 3 unspecified atom stereocenters. The molecule has 0 N–H and O–H groups in total. The van der Waals surface area contributed by atoms with E-state index in [0.717, 1.165) is 6.21 Å². The second kappa shape index (κ2) is 11.2. The zero-order valence-electron chi connectivity index (χ0n) is 15.0. The van der Waals surface area contributed by atoms with Gasteiger partial charge in [-0.25, -0.2) is 14.0 Å². The Bertz CT molecular complexity index is 788. The summed E-state index contributed by atoms with van der Waals surface area (Å²) in [7, 11) is 1.27. The van der Waals surface area contributed by atoms with Gasteiger partial charge in [-0.05, 0) is 24.3 Å². The van der Waals surface area contributed by atoms with E-state index in [1.165, 1.54) is 7.11 Å². The van der Waals surface area contributed by atoms with E-state index >= 15 is 0 Å². The second-order valence-corrected chi connectivity index (χ2v) is 6.77. The van der Waals surface area contributed by atoms with Crippen LogP contribution in [0.2, 0.25) is 0 Å². The molecule has 3 atom stereocenters. The van der Waals surface area contributed by atoms with Gasteiger partial charge in [0, 0.05) is 0 Å². The molecule has 0 spiro atoms. The van der Waals surface area contributed by atoms with Crippen molar-refractivity contribution in [1.82, 2.24) is 0 Å². The number of hydrogen-bond donors (Lipinski definition) is 0. The lowest BCUT2D eigenvalue weighted by molar-refractivity contribution is 0.00846. The van der Waals surface area contributed by atoms with Crippen LogP contribution in [0.1, 0.15) is 20.7 Å². The first kappa shape index (κ1) is 21.6. The number of carbonyl (C=O) groups excluding carboxylic acids is 2. The molecule has 0 aliphatic rings. The number of rotatable bonds is 9. The Balaban J connectivity index is 2.05. The molecular formula is C20H19BrFNO5. The van der Waals surface area contributed by atoms with E-state index in [1.54, 1.807) is 60.7 Å². The Labute approximate surface area is 170 Å². The van der Waals surface area contributed by atoms with E-state index in [1.807, 2.05) is 0 Å². The SMILES string of the molecule is CON=CC(F)C(OC(=O)c1ccccc1)C(Br)COC(=O)c1ccccc1. The molecule has 0 amide bonds. The summed E-state index contributed by atoms with van der Waals surface area (Å²) in [6, 6.07) is 16.5. The van der Waals surface area contributed by atoms with Crippen molar-refractivity contribution in [2.24, 2.45) is 5.16 Å². The first-order valence-electron chi connectivity index (χ1n) is 8.36. The van der Waals surface area contributed by atoms with E-state index in [9.17, 15) is 14.0 Å². The predicted octanol–water partition coefficient (Wildman–Crippen LogP) is 3.80. The van der Waals surface area contributed by atoms with Crippen LogP contribution in [0, 0.1) is 0 Å². The normalized spacial score (nSPS) is 14.1. The van der Waals surface area contributed by atoms with Gasteiger partial charge >= 0.3 is 11.9 Å². The van der Waals surface area contributed by atoms with Crippen molar-refractivity contribution in [1.29, 1.82) is 0 Å². The summed E-state index contributed by atoms with van der Waals surface area (Å²) < 4.78 is 25.0. The van der Waals surface area contributed by atoms with E-state index in [4.69, 9.17) is 9.47 Å². The second-order valence-electron chi connectivity index (χ2n) is 5.60. The highest BCUT2D eigenvalue weighted by Gasteiger charge is 2.32. The maximum Gasteiger partial charge on any atom is 0.338 e. The van der Waals surface area contributed by atoms with Crippen molar-refractivity contribution < 1.29 is 28.3 Å². The first-order valence-corrected chi connectivity index (χ1v) is 9.27. The summed E-state index contributed by atoms with van der Waals surface area (Å²) in [5, 5.41) is 3.38. The molecule has 2 aromatic carbocycles. The predicted molar refractivity (Wildman–Crippen MR) is 105 cm³/mol. The summed E-state index contributed by atoms with van der Waals surface area (Å²) in [6.45, 7) is -0.221. The van der Waals surface area contributed by atoms with Gasteiger partial charge in [-0.3, -0.25) is 0 Å². The van der Waals surface area contributed by atoms with E-state index in [2.05, 4.69) is 25.9 Å². The highest BCUT2D eigenvalue weighted by Crippen LogP contribution is 2.19. The third-order valence-corrected chi connectivity index (χ3v) is 4.40. The van der Waals surface area contributed by atoms with Crippen molar-refractivity contribution in [3.8, 4) is 0 Å². The van der Waals surface area contributed by atoms with E-state index < -0.39 is 29.0 Å². The minimum absolute atomic E-state index is 0.221. The number of halogens is 2. The zero-order chi connectivity index (χ0) is 20.4. The summed E-state index contributed by atoms with van der Waals surface area (Å²) >= 11 is 3.24.